The van der Waals surface area contributed by atoms with Crippen LogP contribution in [0, 0.1) is 0 Å². The van der Waals surface area contributed by atoms with Gasteiger partial charge in [-0.05, 0) is 44.6 Å². The molecular formula is C19H32N4O2. The van der Waals surface area contributed by atoms with Crippen molar-refractivity contribution in [2.45, 2.75) is 71.4 Å². The van der Waals surface area contributed by atoms with Gasteiger partial charge >= 0.3 is 6.09 Å². The summed E-state index contributed by atoms with van der Waals surface area (Å²) < 4.78 is 5.48. The first-order chi connectivity index (χ1) is 11.5. The molecule has 2 rings (SSSR count). The molecule has 0 spiro atoms. The Hall–Kier alpha value is -1.85. The Morgan fingerprint density at radius 1 is 1.20 bits per heavy atom. The van der Waals surface area contributed by atoms with Crippen LogP contribution in [0.5, 0.6) is 0 Å². The van der Waals surface area contributed by atoms with Crippen molar-refractivity contribution in [1.29, 1.82) is 0 Å². The Kier molecular flexibility index (Phi) is 5.59. The second-order valence-electron chi connectivity index (χ2n) is 8.86. The number of piperidine rings is 1. The van der Waals surface area contributed by atoms with Crippen molar-refractivity contribution in [3.05, 3.63) is 18.0 Å². The molecule has 0 aromatic carbocycles. The molecule has 1 unspecified atom stereocenters. The Morgan fingerprint density at radius 2 is 1.80 bits per heavy atom. The van der Waals surface area contributed by atoms with E-state index in [1.54, 1.807) is 4.90 Å². The van der Waals surface area contributed by atoms with E-state index in [4.69, 9.17) is 4.74 Å². The average Bonchev–Trinajstić information content (AvgIpc) is 2.52. The van der Waals surface area contributed by atoms with Gasteiger partial charge in [0.15, 0.2) is 0 Å². The molecule has 2 heterocycles. The molecule has 1 atom stereocenters. The van der Waals surface area contributed by atoms with Gasteiger partial charge < -0.3 is 14.5 Å². The first kappa shape index (κ1) is 19.5. The summed E-state index contributed by atoms with van der Waals surface area (Å²) in [6.45, 7) is 13.7. The zero-order valence-electron chi connectivity index (χ0n) is 16.7. The average molecular weight is 348 g/mol. The molecule has 0 saturated carbocycles. The molecule has 0 aliphatic carbocycles. The number of rotatable bonds is 2. The maximum atomic E-state index is 12.3. The molecule has 6 heteroatoms. The monoisotopic (exact) mass is 348 g/mol. The normalized spacial score (nSPS) is 18.8. The van der Waals surface area contributed by atoms with Gasteiger partial charge in [0, 0.05) is 32.5 Å². The zero-order chi connectivity index (χ0) is 18.8. The van der Waals surface area contributed by atoms with E-state index in [0.717, 1.165) is 37.4 Å². The summed E-state index contributed by atoms with van der Waals surface area (Å²) in [6, 6.07) is 0.106. The van der Waals surface area contributed by atoms with Gasteiger partial charge in [-0.1, -0.05) is 20.8 Å². The van der Waals surface area contributed by atoms with Crippen molar-refractivity contribution in [3.8, 4) is 0 Å². The van der Waals surface area contributed by atoms with Crippen LogP contribution in [-0.4, -0.2) is 52.7 Å². The van der Waals surface area contributed by atoms with Gasteiger partial charge in [-0.25, -0.2) is 14.8 Å². The standard InChI is InChI=1S/C19H32N4O2/c1-18(2,3)14-11-20-16(21-12-14)23-10-8-9-15(13-23)22(7)17(24)25-19(4,5)6/h11-12,15H,8-10,13H2,1-7H3. The third kappa shape index (κ3) is 5.31. The molecule has 140 valence electrons. The van der Waals surface area contributed by atoms with Gasteiger partial charge in [0.25, 0.3) is 0 Å². The molecule has 1 aliphatic rings. The first-order valence-electron chi connectivity index (χ1n) is 9.00. The molecule has 1 aromatic rings. The van der Waals surface area contributed by atoms with Crippen LogP contribution in [0.2, 0.25) is 0 Å². The fourth-order valence-corrected chi connectivity index (χ4v) is 2.81. The largest absolute Gasteiger partial charge is 0.444 e. The molecular weight excluding hydrogens is 316 g/mol. The van der Waals surface area contributed by atoms with Gasteiger partial charge in [0.1, 0.15) is 5.60 Å². The lowest BCUT2D eigenvalue weighted by Crippen LogP contribution is -2.50. The Morgan fingerprint density at radius 3 is 2.32 bits per heavy atom. The van der Waals surface area contributed by atoms with Crippen LogP contribution in [0.25, 0.3) is 0 Å². The number of likely N-dealkylation sites (N-methyl/N-ethyl adjacent to an activating group) is 1. The maximum Gasteiger partial charge on any atom is 0.410 e. The number of carbonyl (C=O) groups excluding carboxylic acids is 1. The van der Waals surface area contributed by atoms with Crippen molar-refractivity contribution in [2.24, 2.45) is 0 Å². The summed E-state index contributed by atoms with van der Waals surface area (Å²) in [6.07, 6.45) is 5.50. The highest BCUT2D eigenvalue weighted by molar-refractivity contribution is 5.68. The van der Waals surface area contributed by atoms with Crippen molar-refractivity contribution in [3.63, 3.8) is 0 Å². The first-order valence-corrected chi connectivity index (χ1v) is 9.00. The Labute approximate surface area is 151 Å². The highest BCUT2D eigenvalue weighted by Crippen LogP contribution is 2.24. The lowest BCUT2D eigenvalue weighted by atomic mass is 9.89. The third-order valence-corrected chi connectivity index (χ3v) is 4.41. The fourth-order valence-electron chi connectivity index (χ4n) is 2.81. The maximum absolute atomic E-state index is 12.3. The third-order valence-electron chi connectivity index (χ3n) is 4.41. The number of amides is 1. The SMILES string of the molecule is CN(C(=O)OC(C)(C)C)C1CCCN(c2ncc(C(C)(C)C)cn2)C1. The quantitative estimate of drug-likeness (QED) is 0.817. The number of hydrogen-bond acceptors (Lipinski definition) is 5. The second kappa shape index (κ2) is 7.18. The number of nitrogens with zero attached hydrogens (tertiary/aromatic N) is 4. The lowest BCUT2D eigenvalue weighted by Gasteiger charge is -2.38. The van der Waals surface area contributed by atoms with Crippen LogP contribution in [0.4, 0.5) is 10.7 Å². The van der Waals surface area contributed by atoms with E-state index in [-0.39, 0.29) is 17.6 Å². The van der Waals surface area contributed by atoms with Gasteiger partial charge in [-0.2, -0.15) is 0 Å². The summed E-state index contributed by atoms with van der Waals surface area (Å²) in [7, 11) is 1.81. The molecule has 1 aromatic heterocycles. The highest BCUT2D eigenvalue weighted by Gasteiger charge is 2.30. The second-order valence-corrected chi connectivity index (χ2v) is 8.86. The molecule has 0 bridgehead atoms. The molecule has 1 saturated heterocycles. The zero-order valence-corrected chi connectivity index (χ0v) is 16.7. The van der Waals surface area contributed by atoms with E-state index in [1.165, 1.54) is 0 Å². The minimum atomic E-state index is -0.481. The van der Waals surface area contributed by atoms with E-state index in [2.05, 4.69) is 35.6 Å². The predicted octanol–water partition coefficient (Wildman–Crippen LogP) is 3.61. The van der Waals surface area contributed by atoms with E-state index in [1.807, 2.05) is 40.2 Å². The minimum absolute atomic E-state index is 0.0416. The molecule has 1 fully saturated rings. The minimum Gasteiger partial charge on any atom is -0.444 e. The van der Waals surface area contributed by atoms with Gasteiger partial charge in [0.2, 0.25) is 5.95 Å². The summed E-state index contributed by atoms with van der Waals surface area (Å²) in [5.41, 5.74) is 0.682. The van der Waals surface area contributed by atoms with Crippen LogP contribution in [0.15, 0.2) is 12.4 Å². The molecule has 1 aliphatic heterocycles. The topological polar surface area (TPSA) is 58.6 Å². The van der Waals surface area contributed by atoms with E-state index in [0.29, 0.717) is 0 Å². The van der Waals surface area contributed by atoms with E-state index < -0.39 is 5.60 Å². The summed E-state index contributed by atoms with van der Waals surface area (Å²) in [5, 5.41) is 0. The molecule has 0 N–H and O–H groups in total. The summed E-state index contributed by atoms with van der Waals surface area (Å²) in [5.74, 6) is 0.732. The predicted molar refractivity (Wildman–Crippen MR) is 100.0 cm³/mol. The van der Waals surface area contributed by atoms with Crippen LogP contribution >= 0.6 is 0 Å². The molecule has 25 heavy (non-hydrogen) atoms. The number of aromatic nitrogens is 2. The number of carbonyl (C=O) groups is 1. The summed E-state index contributed by atoms with van der Waals surface area (Å²) in [4.78, 5) is 25.3. The smallest absolute Gasteiger partial charge is 0.410 e. The number of hydrogen-bond donors (Lipinski definition) is 0. The van der Waals surface area contributed by atoms with Crippen molar-refractivity contribution in [2.75, 3.05) is 25.0 Å². The molecule has 6 nitrogen and oxygen atoms in total. The van der Waals surface area contributed by atoms with Crippen LogP contribution < -0.4 is 4.90 Å². The highest BCUT2D eigenvalue weighted by atomic mass is 16.6. The summed E-state index contributed by atoms with van der Waals surface area (Å²) >= 11 is 0. The Balaban J connectivity index is 2.04. The van der Waals surface area contributed by atoms with Gasteiger partial charge in [-0.3, -0.25) is 0 Å². The van der Waals surface area contributed by atoms with Gasteiger partial charge in [-0.15, -0.1) is 0 Å². The van der Waals surface area contributed by atoms with Crippen molar-refractivity contribution in [1.82, 2.24) is 14.9 Å². The van der Waals surface area contributed by atoms with E-state index >= 15 is 0 Å². The molecule has 0 radical (unpaired) electrons. The van der Waals surface area contributed by atoms with Crippen LogP contribution in [0.1, 0.15) is 59.9 Å². The van der Waals surface area contributed by atoms with Gasteiger partial charge in [0.05, 0.1) is 6.04 Å². The van der Waals surface area contributed by atoms with E-state index in [9.17, 15) is 4.79 Å². The lowest BCUT2D eigenvalue weighted by molar-refractivity contribution is 0.0209. The number of anilines is 1. The van der Waals surface area contributed by atoms with Crippen molar-refractivity contribution >= 4 is 12.0 Å². The number of ether oxygens (including phenoxy) is 1. The van der Waals surface area contributed by atoms with Crippen LogP contribution in [-0.2, 0) is 10.2 Å². The van der Waals surface area contributed by atoms with Crippen LogP contribution in [0.3, 0.4) is 0 Å². The van der Waals surface area contributed by atoms with Crippen molar-refractivity contribution < 1.29 is 9.53 Å². The fraction of sp³-hybridized carbons (Fsp3) is 0.737. The Bertz CT molecular complexity index is 587. The molecule has 1 amide bonds.